The van der Waals surface area contributed by atoms with Crippen molar-refractivity contribution in [2.75, 3.05) is 6.61 Å². The molecule has 1 amide bonds. The number of aliphatic hydroxyl groups is 1. The number of alkyl carbamates (subject to hydrolysis) is 1. The van der Waals surface area contributed by atoms with Crippen LogP contribution in [0.1, 0.15) is 82.6 Å². The molecule has 1 aliphatic rings. The van der Waals surface area contributed by atoms with E-state index in [9.17, 15) is 19.5 Å². The minimum atomic E-state index is -0.935. The summed E-state index contributed by atoms with van der Waals surface area (Å²) in [4.78, 5) is 39.2. The predicted molar refractivity (Wildman–Crippen MR) is 191 cm³/mol. The summed E-state index contributed by atoms with van der Waals surface area (Å²) in [5.41, 5.74) is 5.56. The van der Waals surface area contributed by atoms with Crippen molar-refractivity contribution in [1.29, 1.82) is 0 Å². The molecule has 1 aliphatic carbocycles. The predicted octanol–water partition coefficient (Wildman–Crippen LogP) is 7.98. The number of ether oxygens (including phenoxy) is 3. The summed E-state index contributed by atoms with van der Waals surface area (Å²) >= 11 is 0. The number of aliphatic hydroxyl groups excluding tert-OH is 1. The lowest BCUT2D eigenvalue weighted by molar-refractivity contribution is -0.153. The molecule has 0 aromatic heterocycles. The van der Waals surface area contributed by atoms with Crippen LogP contribution in [0, 0.1) is 11.8 Å². The van der Waals surface area contributed by atoms with E-state index < -0.39 is 35.8 Å². The molecule has 0 saturated heterocycles. The highest BCUT2D eigenvalue weighted by Crippen LogP contribution is 2.44. The Balaban J connectivity index is 1.45. The van der Waals surface area contributed by atoms with Gasteiger partial charge in [-0.15, -0.1) is 0 Å². The maximum atomic E-state index is 13.7. The Labute approximate surface area is 290 Å². The van der Waals surface area contributed by atoms with Crippen LogP contribution in [-0.4, -0.2) is 47.5 Å². The van der Waals surface area contributed by atoms with Gasteiger partial charge in [0, 0.05) is 24.3 Å². The monoisotopic (exact) mass is 667 g/mol. The zero-order valence-corrected chi connectivity index (χ0v) is 29.3. The van der Waals surface area contributed by atoms with Gasteiger partial charge in [-0.3, -0.25) is 0 Å². The molecule has 0 bridgehead atoms. The van der Waals surface area contributed by atoms with Crippen molar-refractivity contribution >= 4 is 24.1 Å². The van der Waals surface area contributed by atoms with Gasteiger partial charge in [0.25, 0.3) is 0 Å². The second-order valence-electron chi connectivity index (χ2n) is 13.9. The van der Waals surface area contributed by atoms with E-state index in [1.54, 1.807) is 26.8 Å². The molecule has 0 fully saturated rings. The Morgan fingerprint density at radius 2 is 1.51 bits per heavy atom. The Bertz CT molecular complexity index is 1590. The largest absolute Gasteiger partial charge is 0.460 e. The number of nitrogens with one attached hydrogen (secondary N) is 1. The SMILES string of the molecule is CC(C)C[C@H](NC(=O)OCC1c2ccccc2-c2ccccc21)C(=O)O[C@@H](C/C=C/C(=O)OC(C)(C)C)[C@H](C)/C=C/c1ccc(CO)cc1. The molecule has 0 unspecified atom stereocenters. The number of benzene rings is 3. The highest BCUT2D eigenvalue weighted by atomic mass is 16.6. The number of esters is 2. The van der Waals surface area contributed by atoms with Crippen LogP contribution >= 0.6 is 0 Å². The fourth-order valence-corrected chi connectivity index (χ4v) is 5.82. The second-order valence-corrected chi connectivity index (χ2v) is 13.9. The minimum Gasteiger partial charge on any atom is -0.460 e. The standard InChI is InChI=1S/C41H49NO7/c1-27(2)24-36(42-40(46)47-26-35-33-14-9-7-12-31(33)32-13-8-10-15-34(32)35)39(45)48-37(16-11-17-38(44)49-41(4,5)6)28(3)18-19-29-20-22-30(25-43)23-21-29/h7-15,17-23,27-28,35-37,43H,16,24-26H2,1-6H3,(H,42,46)/b17-11+,19-18+/t28-,36+,37+/m1/s1. The molecule has 3 aromatic carbocycles. The summed E-state index contributed by atoms with van der Waals surface area (Å²) in [5.74, 6) is -1.35. The Morgan fingerprint density at radius 1 is 0.898 bits per heavy atom. The van der Waals surface area contributed by atoms with E-state index >= 15 is 0 Å². The first-order valence-electron chi connectivity index (χ1n) is 16.9. The third kappa shape index (κ3) is 10.9. The van der Waals surface area contributed by atoms with Gasteiger partial charge < -0.3 is 24.6 Å². The number of carbonyl (C=O) groups excluding carboxylic acids is 3. The van der Waals surface area contributed by atoms with E-state index in [2.05, 4.69) is 29.6 Å². The van der Waals surface area contributed by atoms with Gasteiger partial charge in [-0.1, -0.05) is 112 Å². The van der Waals surface area contributed by atoms with Crippen molar-refractivity contribution in [3.8, 4) is 11.1 Å². The van der Waals surface area contributed by atoms with Crippen LogP contribution < -0.4 is 5.32 Å². The highest BCUT2D eigenvalue weighted by molar-refractivity contribution is 5.83. The quantitative estimate of drug-likeness (QED) is 0.102. The summed E-state index contributed by atoms with van der Waals surface area (Å²) in [7, 11) is 0. The van der Waals surface area contributed by atoms with E-state index in [1.165, 1.54) is 6.08 Å². The number of amides is 1. The van der Waals surface area contributed by atoms with Crippen molar-refractivity contribution in [2.24, 2.45) is 11.8 Å². The van der Waals surface area contributed by atoms with Crippen molar-refractivity contribution < 1.29 is 33.7 Å². The van der Waals surface area contributed by atoms with Crippen LogP contribution in [0.3, 0.4) is 0 Å². The summed E-state index contributed by atoms with van der Waals surface area (Å²) in [6, 6.07) is 22.8. The molecule has 3 aromatic rings. The van der Waals surface area contributed by atoms with Gasteiger partial charge in [-0.05, 0) is 66.5 Å². The van der Waals surface area contributed by atoms with E-state index in [1.807, 2.05) is 81.5 Å². The van der Waals surface area contributed by atoms with Crippen LogP contribution in [0.2, 0.25) is 0 Å². The van der Waals surface area contributed by atoms with Gasteiger partial charge >= 0.3 is 18.0 Å². The lowest BCUT2D eigenvalue weighted by Gasteiger charge is -2.26. The Hall–Kier alpha value is -4.69. The van der Waals surface area contributed by atoms with Gasteiger partial charge in [0.15, 0.2) is 0 Å². The first kappa shape index (κ1) is 37.1. The highest BCUT2D eigenvalue weighted by Gasteiger charge is 2.31. The first-order chi connectivity index (χ1) is 23.3. The van der Waals surface area contributed by atoms with Gasteiger partial charge in [-0.2, -0.15) is 0 Å². The summed E-state index contributed by atoms with van der Waals surface area (Å²) in [6.45, 7) is 11.3. The lowest BCUT2D eigenvalue weighted by atomic mass is 9.98. The van der Waals surface area contributed by atoms with Gasteiger partial charge in [0.2, 0.25) is 0 Å². The number of rotatable bonds is 14. The third-order valence-electron chi connectivity index (χ3n) is 8.26. The minimum absolute atomic E-state index is 0.0377. The molecule has 260 valence electrons. The average molecular weight is 668 g/mol. The number of hydrogen-bond donors (Lipinski definition) is 2. The van der Waals surface area contributed by atoms with Gasteiger partial charge in [0.1, 0.15) is 24.4 Å². The van der Waals surface area contributed by atoms with Crippen molar-refractivity contribution in [3.63, 3.8) is 0 Å². The molecular weight excluding hydrogens is 618 g/mol. The van der Waals surface area contributed by atoms with E-state index in [0.717, 1.165) is 33.4 Å². The molecular formula is C41H49NO7. The third-order valence-corrected chi connectivity index (χ3v) is 8.26. The first-order valence-corrected chi connectivity index (χ1v) is 16.9. The van der Waals surface area contributed by atoms with Crippen molar-refractivity contribution in [3.05, 3.63) is 113 Å². The van der Waals surface area contributed by atoms with Crippen LogP contribution in [-0.2, 0) is 30.4 Å². The summed E-state index contributed by atoms with van der Waals surface area (Å²) in [6.07, 6.45) is 6.11. The van der Waals surface area contributed by atoms with Crippen LogP contribution in [0.15, 0.2) is 91.0 Å². The van der Waals surface area contributed by atoms with Crippen molar-refractivity contribution in [1.82, 2.24) is 5.32 Å². The fraction of sp³-hybridized carbons (Fsp3) is 0.390. The molecule has 0 saturated carbocycles. The topological polar surface area (TPSA) is 111 Å². The molecule has 49 heavy (non-hydrogen) atoms. The van der Waals surface area contributed by atoms with Crippen molar-refractivity contribution in [2.45, 2.75) is 84.7 Å². The zero-order chi connectivity index (χ0) is 35.6. The molecule has 0 heterocycles. The molecule has 0 spiro atoms. The normalized spacial score (nSPS) is 14.7. The van der Waals surface area contributed by atoms with Crippen LogP contribution in [0.5, 0.6) is 0 Å². The Kier molecular flexibility index (Phi) is 13.0. The molecule has 0 radical (unpaired) electrons. The molecule has 2 N–H and O–H groups in total. The summed E-state index contributed by atoms with van der Waals surface area (Å²) in [5, 5.41) is 12.1. The smallest absolute Gasteiger partial charge is 0.407 e. The molecule has 4 rings (SSSR count). The fourth-order valence-electron chi connectivity index (χ4n) is 5.82. The van der Waals surface area contributed by atoms with E-state index in [4.69, 9.17) is 14.2 Å². The molecule has 0 aliphatic heterocycles. The average Bonchev–Trinajstić information content (AvgIpc) is 3.38. The van der Waals surface area contributed by atoms with Crippen LogP contribution in [0.25, 0.3) is 17.2 Å². The molecule has 3 atom stereocenters. The van der Waals surface area contributed by atoms with E-state index in [-0.39, 0.29) is 37.4 Å². The maximum absolute atomic E-state index is 13.7. The number of carbonyl (C=O) groups is 3. The Morgan fingerprint density at radius 3 is 2.08 bits per heavy atom. The maximum Gasteiger partial charge on any atom is 0.407 e. The second kappa shape index (κ2) is 17.1. The summed E-state index contributed by atoms with van der Waals surface area (Å²) < 4.78 is 17.2. The lowest BCUT2D eigenvalue weighted by Crippen LogP contribution is -2.44. The van der Waals surface area contributed by atoms with Gasteiger partial charge in [0.05, 0.1) is 6.61 Å². The molecule has 8 heteroatoms. The van der Waals surface area contributed by atoms with E-state index in [0.29, 0.717) is 6.42 Å². The zero-order valence-electron chi connectivity index (χ0n) is 29.3. The molecule has 8 nitrogen and oxygen atoms in total. The number of hydrogen-bond acceptors (Lipinski definition) is 7. The van der Waals surface area contributed by atoms with Crippen LogP contribution in [0.4, 0.5) is 4.79 Å². The van der Waals surface area contributed by atoms with Gasteiger partial charge in [-0.25, -0.2) is 14.4 Å². The number of fused-ring (bicyclic) bond motifs is 3.